The summed E-state index contributed by atoms with van der Waals surface area (Å²) in [6.07, 6.45) is 0.915. The average Bonchev–Trinajstić information content (AvgIpc) is 2.37. The molecule has 0 saturated heterocycles. The first-order chi connectivity index (χ1) is 8.72. The molecule has 0 unspecified atom stereocenters. The van der Waals surface area contributed by atoms with Crippen LogP contribution in [0.25, 0.3) is 11.1 Å². The van der Waals surface area contributed by atoms with Crippen molar-refractivity contribution >= 4 is 5.69 Å². The van der Waals surface area contributed by atoms with Gasteiger partial charge in [-0.05, 0) is 30.7 Å². The molecule has 94 valence electrons. The molecule has 2 nitrogen and oxygen atoms in total. The van der Waals surface area contributed by atoms with E-state index < -0.39 is 0 Å². The van der Waals surface area contributed by atoms with Crippen molar-refractivity contribution in [2.24, 2.45) is 0 Å². The third-order valence-corrected chi connectivity index (χ3v) is 2.63. The molecule has 0 aliphatic heterocycles. The Labute approximate surface area is 106 Å². The number of hydrogen-bond acceptors (Lipinski definition) is 2. The van der Waals surface area contributed by atoms with Gasteiger partial charge in [0.25, 0.3) is 0 Å². The van der Waals surface area contributed by atoms with Crippen LogP contribution in [-0.2, 0) is 0 Å². The summed E-state index contributed by atoms with van der Waals surface area (Å²) in [5, 5.41) is 0. The van der Waals surface area contributed by atoms with Crippen LogP contribution in [0.1, 0.15) is 13.3 Å². The Morgan fingerprint density at radius 2 is 1.89 bits per heavy atom. The summed E-state index contributed by atoms with van der Waals surface area (Å²) in [6, 6.07) is 12.1. The van der Waals surface area contributed by atoms with Gasteiger partial charge in [0.2, 0.25) is 0 Å². The van der Waals surface area contributed by atoms with Crippen LogP contribution in [0.2, 0.25) is 0 Å². The van der Waals surface area contributed by atoms with Crippen molar-refractivity contribution in [3.8, 4) is 16.9 Å². The van der Waals surface area contributed by atoms with E-state index in [1.165, 1.54) is 6.07 Å². The molecule has 0 heterocycles. The topological polar surface area (TPSA) is 35.2 Å². The number of rotatable bonds is 4. The maximum absolute atomic E-state index is 13.9. The molecule has 3 heteroatoms. The number of hydrogen-bond donors (Lipinski definition) is 1. The molecular formula is C15H16FNO. The Morgan fingerprint density at radius 1 is 1.11 bits per heavy atom. The van der Waals surface area contributed by atoms with E-state index in [2.05, 4.69) is 0 Å². The van der Waals surface area contributed by atoms with Crippen LogP contribution < -0.4 is 10.5 Å². The van der Waals surface area contributed by atoms with Crippen molar-refractivity contribution in [3.05, 3.63) is 48.3 Å². The van der Waals surface area contributed by atoms with E-state index >= 15 is 0 Å². The highest BCUT2D eigenvalue weighted by molar-refractivity contribution is 5.72. The summed E-state index contributed by atoms with van der Waals surface area (Å²) < 4.78 is 19.5. The second-order valence-corrected chi connectivity index (χ2v) is 4.08. The van der Waals surface area contributed by atoms with Crippen LogP contribution in [0, 0.1) is 5.82 Å². The summed E-state index contributed by atoms with van der Waals surface area (Å²) in [5.74, 6) is 0.366. The lowest BCUT2D eigenvalue weighted by Gasteiger charge is -2.11. The fraction of sp³-hybridized carbons (Fsp3) is 0.200. The predicted octanol–water partition coefficient (Wildman–Crippen LogP) is 3.86. The number of ether oxygens (including phenoxy) is 1. The van der Waals surface area contributed by atoms with Gasteiger partial charge in [0, 0.05) is 16.8 Å². The van der Waals surface area contributed by atoms with Crippen molar-refractivity contribution in [2.75, 3.05) is 12.3 Å². The van der Waals surface area contributed by atoms with Crippen molar-refractivity contribution in [2.45, 2.75) is 13.3 Å². The number of nitrogen functional groups attached to an aromatic ring is 1. The lowest BCUT2D eigenvalue weighted by atomic mass is 10.0. The van der Waals surface area contributed by atoms with Crippen molar-refractivity contribution in [3.63, 3.8) is 0 Å². The molecule has 0 aliphatic carbocycles. The highest BCUT2D eigenvalue weighted by Crippen LogP contribution is 2.32. The molecule has 0 bridgehead atoms. The molecular weight excluding hydrogens is 229 g/mol. The number of benzene rings is 2. The van der Waals surface area contributed by atoms with Crippen molar-refractivity contribution in [1.29, 1.82) is 0 Å². The van der Waals surface area contributed by atoms with Gasteiger partial charge in [-0.25, -0.2) is 4.39 Å². The molecule has 0 aliphatic rings. The SMILES string of the molecule is CCCOc1ccccc1-c1ccc(N)cc1F. The van der Waals surface area contributed by atoms with E-state index in [1.54, 1.807) is 12.1 Å². The number of halogens is 1. The number of nitrogens with two attached hydrogens (primary N) is 1. The Hall–Kier alpha value is -2.03. The highest BCUT2D eigenvalue weighted by Gasteiger charge is 2.10. The third-order valence-electron chi connectivity index (χ3n) is 2.63. The third kappa shape index (κ3) is 2.62. The molecule has 0 radical (unpaired) electrons. The van der Waals surface area contributed by atoms with Gasteiger partial charge in [-0.2, -0.15) is 0 Å². The zero-order valence-corrected chi connectivity index (χ0v) is 10.3. The molecule has 2 aromatic rings. The molecule has 0 amide bonds. The minimum atomic E-state index is -0.331. The van der Waals surface area contributed by atoms with E-state index in [-0.39, 0.29) is 5.82 Å². The quantitative estimate of drug-likeness (QED) is 0.830. The van der Waals surface area contributed by atoms with Gasteiger partial charge in [-0.3, -0.25) is 0 Å². The second-order valence-electron chi connectivity index (χ2n) is 4.08. The van der Waals surface area contributed by atoms with Crippen LogP contribution in [0.5, 0.6) is 5.75 Å². The summed E-state index contributed by atoms with van der Waals surface area (Å²) in [5.41, 5.74) is 7.24. The van der Waals surface area contributed by atoms with E-state index in [0.29, 0.717) is 23.6 Å². The minimum absolute atomic E-state index is 0.331. The monoisotopic (exact) mass is 245 g/mol. The van der Waals surface area contributed by atoms with Gasteiger partial charge in [0.05, 0.1) is 6.61 Å². The summed E-state index contributed by atoms with van der Waals surface area (Å²) in [6.45, 7) is 2.65. The maximum atomic E-state index is 13.9. The standard InChI is InChI=1S/C15H16FNO/c1-2-9-18-15-6-4-3-5-13(15)12-8-7-11(17)10-14(12)16/h3-8,10H,2,9,17H2,1H3. The fourth-order valence-corrected chi connectivity index (χ4v) is 1.78. The predicted molar refractivity (Wildman–Crippen MR) is 72.0 cm³/mol. The van der Waals surface area contributed by atoms with Gasteiger partial charge in [-0.15, -0.1) is 0 Å². The molecule has 2 rings (SSSR count). The van der Waals surface area contributed by atoms with Crippen LogP contribution in [-0.4, -0.2) is 6.61 Å². The van der Waals surface area contributed by atoms with Crippen molar-refractivity contribution < 1.29 is 9.13 Å². The lowest BCUT2D eigenvalue weighted by molar-refractivity contribution is 0.318. The van der Waals surface area contributed by atoms with Crippen LogP contribution >= 0.6 is 0 Å². The molecule has 0 aromatic heterocycles. The molecule has 2 N–H and O–H groups in total. The molecule has 0 spiro atoms. The second kappa shape index (κ2) is 5.54. The Bertz CT molecular complexity index is 540. The minimum Gasteiger partial charge on any atom is -0.493 e. The van der Waals surface area contributed by atoms with Gasteiger partial charge in [-0.1, -0.05) is 25.1 Å². The van der Waals surface area contributed by atoms with E-state index in [9.17, 15) is 4.39 Å². The maximum Gasteiger partial charge on any atom is 0.133 e. The average molecular weight is 245 g/mol. The number of para-hydroxylation sites is 1. The molecule has 2 aromatic carbocycles. The lowest BCUT2D eigenvalue weighted by Crippen LogP contribution is -1.98. The number of anilines is 1. The first-order valence-corrected chi connectivity index (χ1v) is 5.99. The highest BCUT2D eigenvalue weighted by atomic mass is 19.1. The van der Waals surface area contributed by atoms with Gasteiger partial charge in [0.15, 0.2) is 0 Å². The van der Waals surface area contributed by atoms with Gasteiger partial charge in [0.1, 0.15) is 11.6 Å². The molecule has 0 atom stereocenters. The van der Waals surface area contributed by atoms with Crippen molar-refractivity contribution in [1.82, 2.24) is 0 Å². The van der Waals surface area contributed by atoms with E-state index in [0.717, 1.165) is 12.0 Å². The zero-order chi connectivity index (χ0) is 13.0. The summed E-state index contributed by atoms with van der Waals surface area (Å²) >= 11 is 0. The summed E-state index contributed by atoms with van der Waals surface area (Å²) in [7, 11) is 0. The van der Waals surface area contributed by atoms with Crippen LogP contribution in [0.3, 0.4) is 0 Å². The molecule has 18 heavy (non-hydrogen) atoms. The first-order valence-electron chi connectivity index (χ1n) is 5.99. The smallest absolute Gasteiger partial charge is 0.133 e. The molecule has 0 fully saturated rings. The summed E-state index contributed by atoms with van der Waals surface area (Å²) in [4.78, 5) is 0. The largest absolute Gasteiger partial charge is 0.493 e. The van der Waals surface area contributed by atoms with Gasteiger partial charge >= 0.3 is 0 Å². The Balaban J connectivity index is 2.43. The van der Waals surface area contributed by atoms with Crippen LogP contribution in [0.15, 0.2) is 42.5 Å². The normalized spacial score (nSPS) is 10.3. The zero-order valence-electron chi connectivity index (χ0n) is 10.3. The van der Waals surface area contributed by atoms with Gasteiger partial charge < -0.3 is 10.5 Å². The van der Waals surface area contributed by atoms with Crippen LogP contribution in [0.4, 0.5) is 10.1 Å². The molecule has 0 saturated carbocycles. The van der Waals surface area contributed by atoms with E-state index in [4.69, 9.17) is 10.5 Å². The van der Waals surface area contributed by atoms with E-state index in [1.807, 2.05) is 31.2 Å². The Morgan fingerprint density at radius 3 is 2.61 bits per heavy atom. The first kappa shape index (κ1) is 12.4. The fourth-order valence-electron chi connectivity index (χ4n) is 1.78. The Kier molecular flexibility index (Phi) is 3.82.